The predicted molar refractivity (Wildman–Crippen MR) is 154 cm³/mol. The fourth-order valence-corrected chi connectivity index (χ4v) is 5.18. The van der Waals surface area contributed by atoms with Crippen molar-refractivity contribution < 1.29 is 9.53 Å². The largest absolute Gasteiger partial charge is 0.444 e. The second kappa shape index (κ2) is 10.1. The van der Waals surface area contributed by atoms with Crippen LogP contribution in [0.5, 0.6) is 0 Å². The van der Waals surface area contributed by atoms with Crippen molar-refractivity contribution in [2.24, 2.45) is 0 Å². The van der Waals surface area contributed by atoms with Crippen LogP contribution in [0, 0.1) is 20.8 Å². The Labute approximate surface area is 224 Å². The lowest BCUT2D eigenvalue weighted by atomic mass is 10.0. The Kier molecular flexibility index (Phi) is 6.86. The number of benzene rings is 1. The molecule has 0 saturated carbocycles. The highest BCUT2D eigenvalue weighted by molar-refractivity contribution is 5.93. The number of fused-ring (bicyclic) bond motifs is 1. The smallest absolute Gasteiger partial charge is 0.410 e. The van der Waals surface area contributed by atoms with Crippen LogP contribution < -0.4 is 4.90 Å². The molecule has 5 rings (SSSR count). The molecule has 198 valence electrons. The van der Waals surface area contributed by atoms with Crippen LogP contribution in [0.25, 0.3) is 33.3 Å². The summed E-state index contributed by atoms with van der Waals surface area (Å²) in [4.78, 5) is 29.5. The molecule has 1 saturated heterocycles. The van der Waals surface area contributed by atoms with Crippen molar-refractivity contribution in [2.75, 3.05) is 31.1 Å². The van der Waals surface area contributed by atoms with Crippen molar-refractivity contribution in [3.63, 3.8) is 0 Å². The van der Waals surface area contributed by atoms with Gasteiger partial charge in [0.05, 0.1) is 0 Å². The highest BCUT2D eigenvalue weighted by atomic mass is 16.6. The lowest BCUT2D eigenvalue weighted by Crippen LogP contribution is -2.39. The summed E-state index contributed by atoms with van der Waals surface area (Å²) in [6, 6.07) is 15.0. The molecule has 0 spiro atoms. The van der Waals surface area contributed by atoms with Gasteiger partial charge in [-0.1, -0.05) is 12.1 Å². The number of aryl methyl sites for hydroxylation is 3. The Morgan fingerprint density at radius 1 is 0.895 bits per heavy atom. The van der Waals surface area contributed by atoms with E-state index in [1.807, 2.05) is 40.8 Å². The standard InChI is InChI=1S/C31H37N5O2/c1-20-16-25(17-21(2)33-20)29-22(3)26-10-8-23(18-27(26)34-29)24-9-11-28(32-19-24)35-12-7-13-36(15-14-35)30(37)38-31(4,5)6/h8-11,16-19,34H,7,12-15H2,1-6H3. The quantitative estimate of drug-likeness (QED) is 0.333. The van der Waals surface area contributed by atoms with Crippen molar-refractivity contribution in [2.45, 2.75) is 53.6 Å². The number of pyridine rings is 2. The number of carbonyl (C=O) groups excluding carboxylic acids is 1. The number of nitrogens with zero attached hydrogens (tertiary/aromatic N) is 4. The zero-order valence-electron chi connectivity index (χ0n) is 23.3. The number of anilines is 1. The minimum atomic E-state index is -0.485. The summed E-state index contributed by atoms with van der Waals surface area (Å²) in [6.45, 7) is 14.8. The van der Waals surface area contributed by atoms with Crippen LogP contribution >= 0.6 is 0 Å². The minimum Gasteiger partial charge on any atom is -0.444 e. The fraction of sp³-hybridized carbons (Fsp3) is 0.387. The molecule has 1 aromatic carbocycles. The van der Waals surface area contributed by atoms with Gasteiger partial charge in [-0.3, -0.25) is 4.98 Å². The van der Waals surface area contributed by atoms with Crippen LogP contribution in [0.2, 0.25) is 0 Å². The van der Waals surface area contributed by atoms with Gasteiger partial charge >= 0.3 is 6.09 Å². The maximum Gasteiger partial charge on any atom is 0.410 e. The average Bonchev–Trinajstić information content (AvgIpc) is 3.01. The van der Waals surface area contributed by atoms with Crippen molar-refractivity contribution in [3.8, 4) is 22.4 Å². The number of ether oxygens (including phenoxy) is 1. The molecular weight excluding hydrogens is 474 g/mol. The fourth-order valence-electron chi connectivity index (χ4n) is 5.18. The van der Waals surface area contributed by atoms with E-state index in [9.17, 15) is 4.79 Å². The van der Waals surface area contributed by atoms with E-state index in [1.165, 1.54) is 16.5 Å². The second-order valence-electron chi connectivity index (χ2n) is 11.2. The zero-order valence-corrected chi connectivity index (χ0v) is 23.3. The summed E-state index contributed by atoms with van der Waals surface area (Å²) in [6.07, 6.45) is 2.58. The van der Waals surface area contributed by atoms with Crippen molar-refractivity contribution >= 4 is 22.8 Å². The maximum absolute atomic E-state index is 12.5. The van der Waals surface area contributed by atoms with E-state index in [0.717, 1.165) is 59.1 Å². The number of rotatable bonds is 3. The molecular formula is C31H37N5O2. The summed E-state index contributed by atoms with van der Waals surface area (Å²) in [5, 5.41) is 1.22. The van der Waals surface area contributed by atoms with Gasteiger partial charge in [-0.2, -0.15) is 0 Å². The van der Waals surface area contributed by atoms with Crippen LogP contribution in [0.1, 0.15) is 44.1 Å². The molecule has 0 radical (unpaired) electrons. The number of amides is 1. The summed E-state index contributed by atoms with van der Waals surface area (Å²) < 4.78 is 5.56. The maximum atomic E-state index is 12.5. The molecule has 4 aromatic rings. The van der Waals surface area contributed by atoms with Crippen molar-refractivity contribution in [3.05, 3.63) is 65.6 Å². The second-order valence-corrected chi connectivity index (χ2v) is 11.2. The molecule has 7 nitrogen and oxygen atoms in total. The molecule has 0 atom stereocenters. The van der Waals surface area contributed by atoms with Crippen LogP contribution in [-0.4, -0.2) is 57.7 Å². The molecule has 4 heterocycles. The highest BCUT2D eigenvalue weighted by Gasteiger charge is 2.25. The number of carbonyl (C=O) groups is 1. The van der Waals surface area contributed by atoms with Crippen LogP contribution in [-0.2, 0) is 4.74 Å². The topological polar surface area (TPSA) is 74.4 Å². The molecule has 1 fully saturated rings. The lowest BCUT2D eigenvalue weighted by molar-refractivity contribution is 0.0263. The summed E-state index contributed by atoms with van der Waals surface area (Å²) in [7, 11) is 0. The Morgan fingerprint density at radius 3 is 2.32 bits per heavy atom. The Hall–Kier alpha value is -3.87. The van der Waals surface area contributed by atoms with Gasteiger partial charge in [-0.05, 0) is 89.4 Å². The Balaban J connectivity index is 1.33. The first-order chi connectivity index (χ1) is 18.1. The number of H-pyrrole nitrogens is 1. The Bertz CT molecular complexity index is 1450. The van der Waals surface area contributed by atoms with Gasteiger partial charge in [0.25, 0.3) is 0 Å². The van der Waals surface area contributed by atoms with Gasteiger partial charge in [-0.15, -0.1) is 0 Å². The number of hydrogen-bond acceptors (Lipinski definition) is 5. The van der Waals surface area contributed by atoms with E-state index in [4.69, 9.17) is 9.72 Å². The van der Waals surface area contributed by atoms with Crippen molar-refractivity contribution in [1.82, 2.24) is 19.9 Å². The van der Waals surface area contributed by atoms with E-state index in [-0.39, 0.29) is 6.09 Å². The summed E-state index contributed by atoms with van der Waals surface area (Å²) >= 11 is 0. The first-order valence-electron chi connectivity index (χ1n) is 13.3. The van der Waals surface area contributed by atoms with Gasteiger partial charge in [0.1, 0.15) is 11.4 Å². The van der Waals surface area contributed by atoms with E-state index >= 15 is 0 Å². The molecule has 1 aliphatic heterocycles. The monoisotopic (exact) mass is 511 g/mol. The number of nitrogens with one attached hydrogen (secondary N) is 1. The molecule has 0 bridgehead atoms. The molecule has 7 heteroatoms. The van der Waals surface area contributed by atoms with E-state index in [0.29, 0.717) is 13.1 Å². The van der Waals surface area contributed by atoms with E-state index in [2.05, 4.69) is 64.3 Å². The average molecular weight is 512 g/mol. The van der Waals surface area contributed by atoms with Gasteiger partial charge in [0.2, 0.25) is 0 Å². The van der Waals surface area contributed by atoms with Gasteiger partial charge in [-0.25, -0.2) is 9.78 Å². The molecule has 38 heavy (non-hydrogen) atoms. The third kappa shape index (κ3) is 5.52. The lowest BCUT2D eigenvalue weighted by Gasteiger charge is -2.26. The van der Waals surface area contributed by atoms with E-state index in [1.54, 1.807) is 4.90 Å². The van der Waals surface area contributed by atoms with E-state index < -0.39 is 5.60 Å². The molecule has 0 unspecified atom stereocenters. The molecule has 1 aliphatic rings. The third-order valence-corrected chi connectivity index (χ3v) is 6.98. The third-order valence-electron chi connectivity index (χ3n) is 6.98. The number of aromatic nitrogens is 3. The first-order valence-corrected chi connectivity index (χ1v) is 13.3. The molecule has 3 aromatic heterocycles. The zero-order chi connectivity index (χ0) is 27.0. The summed E-state index contributed by atoms with van der Waals surface area (Å²) in [5.41, 5.74) is 8.41. The SMILES string of the molecule is Cc1cc(-c2[nH]c3cc(-c4ccc(N5CCCN(C(=O)OC(C)(C)C)CC5)nc4)ccc3c2C)cc(C)n1. The highest BCUT2D eigenvalue weighted by Crippen LogP contribution is 2.33. The van der Waals surface area contributed by atoms with Crippen LogP contribution in [0.3, 0.4) is 0 Å². The minimum absolute atomic E-state index is 0.241. The number of aromatic amines is 1. The summed E-state index contributed by atoms with van der Waals surface area (Å²) in [5.74, 6) is 0.933. The first kappa shape index (κ1) is 25.8. The molecule has 1 N–H and O–H groups in total. The van der Waals surface area contributed by atoms with Crippen molar-refractivity contribution in [1.29, 1.82) is 0 Å². The predicted octanol–water partition coefficient (Wildman–Crippen LogP) is 6.66. The number of hydrogen-bond donors (Lipinski definition) is 1. The van der Waals surface area contributed by atoms with Gasteiger partial charge in [0.15, 0.2) is 0 Å². The van der Waals surface area contributed by atoms with Gasteiger partial charge < -0.3 is 19.5 Å². The van der Waals surface area contributed by atoms with Crippen LogP contribution in [0.4, 0.5) is 10.6 Å². The van der Waals surface area contributed by atoms with Gasteiger partial charge in [0, 0.05) is 71.5 Å². The molecule has 0 aliphatic carbocycles. The molecule has 1 amide bonds. The Morgan fingerprint density at radius 2 is 1.63 bits per heavy atom. The normalized spacial score (nSPS) is 14.6. The van der Waals surface area contributed by atoms with Crippen LogP contribution in [0.15, 0.2) is 48.7 Å².